The van der Waals surface area contributed by atoms with Gasteiger partial charge in [-0.05, 0) is 37.3 Å². The summed E-state index contributed by atoms with van der Waals surface area (Å²) < 4.78 is 5.28. The van der Waals surface area contributed by atoms with Crippen LogP contribution in [0.1, 0.15) is 37.9 Å². The standard InChI is InChI=1S/C18H24N2O5/c21-16-9-14(11-20(16)12-15-4-2-8-25-15)18(24)19-7-1-3-13(10-19)5-6-17(22)23/h2,4,8,13-14H,1,3,5-7,9-12H2,(H,22,23)/t13-,14-/m1/s1. The van der Waals surface area contributed by atoms with Crippen LogP contribution in [0.25, 0.3) is 0 Å². The van der Waals surface area contributed by atoms with Gasteiger partial charge in [0, 0.05) is 32.5 Å². The lowest BCUT2D eigenvalue weighted by Gasteiger charge is -2.34. The molecule has 0 aromatic carbocycles. The Kier molecular flexibility index (Phi) is 5.40. The molecule has 2 fully saturated rings. The largest absolute Gasteiger partial charge is 0.481 e. The molecule has 0 unspecified atom stereocenters. The fourth-order valence-electron chi connectivity index (χ4n) is 3.77. The number of likely N-dealkylation sites (tertiary alicyclic amines) is 2. The van der Waals surface area contributed by atoms with Crippen molar-refractivity contribution in [3.63, 3.8) is 0 Å². The summed E-state index contributed by atoms with van der Waals surface area (Å²) in [6.07, 6.45) is 4.43. The molecule has 0 spiro atoms. The van der Waals surface area contributed by atoms with Gasteiger partial charge in [0.25, 0.3) is 0 Å². The molecule has 2 atom stereocenters. The van der Waals surface area contributed by atoms with E-state index in [0.717, 1.165) is 12.8 Å². The quantitative estimate of drug-likeness (QED) is 0.845. The van der Waals surface area contributed by atoms with E-state index >= 15 is 0 Å². The predicted molar refractivity (Wildman–Crippen MR) is 88.4 cm³/mol. The minimum absolute atomic E-state index is 0.0193. The first kappa shape index (κ1) is 17.5. The van der Waals surface area contributed by atoms with Crippen molar-refractivity contribution in [2.45, 2.75) is 38.6 Å². The van der Waals surface area contributed by atoms with Crippen LogP contribution in [0.3, 0.4) is 0 Å². The van der Waals surface area contributed by atoms with Gasteiger partial charge in [-0.15, -0.1) is 0 Å². The number of furan rings is 1. The summed E-state index contributed by atoms with van der Waals surface area (Å²) in [6.45, 7) is 2.13. The van der Waals surface area contributed by atoms with Gasteiger partial charge in [0.1, 0.15) is 5.76 Å². The molecule has 7 nitrogen and oxygen atoms in total. The summed E-state index contributed by atoms with van der Waals surface area (Å²) in [6, 6.07) is 3.60. The van der Waals surface area contributed by atoms with Crippen LogP contribution in [0.5, 0.6) is 0 Å². The number of amides is 2. The maximum absolute atomic E-state index is 12.8. The highest BCUT2D eigenvalue weighted by molar-refractivity contribution is 5.89. The highest BCUT2D eigenvalue weighted by Crippen LogP contribution is 2.26. The number of piperidine rings is 1. The SMILES string of the molecule is O=C(O)CC[C@H]1CCCN(C(=O)[C@@H]2CC(=O)N(Cc3ccco3)C2)C1. The van der Waals surface area contributed by atoms with Crippen LogP contribution >= 0.6 is 0 Å². The van der Waals surface area contributed by atoms with Crippen molar-refractivity contribution in [1.82, 2.24) is 9.80 Å². The van der Waals surface area contributed by atoms with E-state index in [1.165, 1.54) is 0 Å². The molecule has 1 aromatic rings. The topological polar surface area (TPSA) is 91.1 Å². The summed E-state index contributed by atoms with van der Waals surface area (Å²) in [7, 11) is 0. The lowest BCUT2D eigenvalue weighted by atomic mass is 9.92. The van der Waals surface area contributed by atoms with Gasteiger partial charge in [0.05, 0.1) is 18.7 Å². The Labute approximate surface area is 146 Å². The summed E-state index contributed by atoms with van der Waals surface area (Å²) in [4.78, 5) is 39.2. The first-order valence-corrected chi connectivity index (χ1v) is 8.83. The van der Waals surface area contributed by atoms with Crippen LogP contribution in [-0.2, 0) is 20.9 Å². The second kappa shape index (κ2) is 7.72. The van der Waals surface area contributed by atoms with Crippen LogP contribution in [0, 0.1) is 11.8 Å². The van der Waals surface area contributed by atoms with Crippen LogP contribution < -0.4 is 0 Å². The fraction of sp³-hybridized carbons (Fsp3) is 0.611. The maximum atomic E-state index is 12.8. The van der Waals surface area contributed by atoms with E-state index in [0.29, 0.717) is 38.4 Å². The lowest BCUT2D eigenvalue weighted by molar-refractivity contribution is -0.138. The minimum atomic E-state index is -0.793. The molecule has 3 rings (SSSR count). The third kappa shape index (κ3) is 4.41. The molecule has 2 aliphatic heterocycles. The maximum Gasteiger partial charge on any atom is 0.303 e. The summed E-state index contributed by atoms with van der Waals surface area (Å²) >= 11 is 0. The number of hydrogen-bond acceptors (Lipinski definition) is 4. The first-order chi connectivity index (χ1) is 12.0. The molecule has 7 heteroatoms. The first-order valence-electron chi connectivity index (χ1n) is 8.83. The summed E-state index contributed by atoms with van der Waals surface area (Å²) in [5, 5.41) is 8.82. The molecule has 0 radical (unpaired) electrons. The Bertz CT molecular complexity index is 627. The number of carbonyl (C=O) groups is 3. The Morgan fingerprint density at radius 3 is 2.88 bits per heavy atom. The van der Waals surface area contributed by atoms with E-state index in [1.807, 2.05) is 11.0 Å². The van der Waals surface area contributed by atoms with E-state index in [-0.39, 0.29) is 36.5 Å². The molecule has 25 heavy (non-hydrogen) atoms. The Hall–Kier alpha value is -2.31. The smallest absolute Gasteiger partial charge is 0.303 e. The van der Waals surface area contributed by atoms with Crippen LogP contribution in [0.15, 0.2) is 22.8 Å². The predicted octanol–water partition coefficient (Wildman–Crippen LogP) is 1.73. The summed E-state index contributed by atoms with van der Waals surface area (Å²) in [5.74, 6) is -0.137. The number of hydrogen-bond donors (Lipinski definition) is 1. The normalized spacial score (nSPS) is 23.9. The lowest BCUT2D eigenvalue weighted by Crippen LogP contribution is -2.43. The second-order valence-corrected chi connectivity index (χ2v) is 6.98. The number of aliphatic carboxylic acids is 1. The Morgan fingerprint density at radius 2 is 2.16 bits per heavy atom. The Balaban J connectivity index is 1.53. The van der Waals surface area contributed by atoms with Gasteiger partial charge in [-0.1, -0.05) is 0 Å². The van der Waals surface area contributed by atoms with Gasteiger partial charge >= 0.3 is 5.97 Å². The van der Waals surface area contributed by atoms with Gasteiger partial charge in [-0.2, -0.15) is 0 Å². The van der Waals surface area contributed by atoms with Crippen molar-refractivity contribution < 1.29 is 23.9 Å². The van der Waals surface area contributed by atoms with Crippen molar-refractivity contribution in [2.75, 3.05) is 19.6 Å². The molecule has 0 saturated carbocycles. The molecule has 1 aromatic heterocycles. The van der Waals surface area contributed by atoms with Crippen LogP contribution in [0.2, 0.25) is 0 Å². The number of carboxylic acid groups (broad SMARTS) is 1. The van der Waals surface area contributed by atoms with E-state index in [2.05, 4.69) is 0 Å². The minimum Gasteiger partial charge on any atom is -0.481 e. The van der Waals surface area contributed by atoms with Crippen molar-refractivity contribution in [2.24, 2.45) is 11.8 Å². The zero-order valence-electron chi connectivity index (χ0n) is 14.2. The molecule has 1 N–H and O–H groups in total. The van der Waals surface area contributed by atoms with Crippen molar-refractivity contribution in [3.8, 4) is 0 Å². The number of nitrogens with zero attached hydrogens (tertiary/aromatic N) is 2. The van der Waals surface area contributed by atoms with E-state index < -0.39 is 5.97 Å². The van der Waals surface area contributed by atoms with Crippen LogP contribution in [-0.4, -0.2) is 52.3 Å². The highest BCUT2D eigenvalue weighted by Gasteiger charge is 2.37. The average molecular weight is 348 g/mol. The molecule has 2 aliphatic rings. The number of carbonyl (C=O) groups excluding carboxylic acids is 2. The molecule has 3 heterocycles. The third-order valence-electron chi connectivity index (χ3n) is 5.09. The molecule has 136 valence electrons. The van der Waals surface area contributed by atoms with E-state index in [9.17, 15) is 14.4 Å². The number of rotatable bonds is 6. The number of carboxylic acids is 1. The van der Waals surface area contributed by atoms with Gasteiger partial charge < -0.3 is 19.3 Å². The molecule has 0 aliphatic carbocycles. The highest BCUT2D eigenvalue weighted by atomic mass is 16.4. The monoisotopic (exact) mass is 348 g/mol. The van der Waals surface area contributed by atoms with Crippen LogP contribution in [0.4, 0.5) is 0 Å². The van der Waals surface area contributed by atoms with E-state index in [1.54, 1.807) is 17.2 Å². The zero-order chi connectivity index (χ0) is 17.8. The zero-order valence-corrected chi connectivity index (χ0v) is 14.2. The van der Waals surface area contributed by atoms with Gasteiger partial charge in [0.15, 0.2) is 0 Å². The summed E-state index contributed by atoms with van der Waals surface area (Å²) in [5.41, 5.74) is 0. The molecular formula is C18H24N2O5. The fourth-order valence-corrected chi connectivity index (χ4v) is 3.77. The van der Waals surface area contributed by atoms with Crippen molar-refractivity contribution in [3.05, 3.63) is 24.2 Å². The van der Waals surface area contributed by atoms with Gasteiger partial charge in [-0.3, -0.25) is 14.4 Å². The second-order valence-electron chi connectivity index (χ2n) is 6.98. The third-order valence-corrected chi connectivity index (χ3v) is 5.09. The van der Waals surface area contributed by atoms with Gasteiger partial charge in [0.2, 0.25) is 11.8 Å². The van der Waals surface area contributed by atoms with E-state index in [4.69, 9.17) is 9.52 Å². The molecular weight excluding hydrogens is 324 g/mol. The van der Waals surface area contributed by atoms with Crippen molar-refractivity contribution >= 4 is 17.8 Å². The molecule has 0 bridgehead atoms. The molecule has 2 saturated heterocycles. The van der Waals surface area contributed by atoms with Gasteiger partial charge in [-0.25, -0.2) is 0 Å². The van der Waals surface area contributed by atoms with Crippen molar-refractivity contribution in [1.29, 1.82) is 0 Å². The molecule has 2 amide bonds. The average Bonchev–Trinajstić information content (AvgIpc) is 3.23. The Morgan fingerprint density at radius 1 is 1.32 bits per heavy atom.